The number of ether oxygens (including phenoxy) is 2. The Bertz CT molecular complexity index is 1560. The van der Waals surface area contributed by atoms with Gasteiger partial charge in [-0.3, -0.25) is 19.8 Å². The van der Waals surface area contributed by atoms with E-state index in [9.17, 15) is 14.4 Å². The van der Waals surface area contributed by atoms with E-state index in [0.29, 0.717) is 28.1 Å². The van der Waals surface area contributed by atoms with Crippen molar-refractivity contribution in [2.45, 2.75) is 20.4 Å². The fourth-order valence-electron chi connectivity index (χ4n) is 3.95. The standard InChI is InChI=1S/C27H23BrN4O5/c1-15-3-6-20(9-16(15)2)30-25(33)22-12-18-11-19(28)5-7-21(18)32(22)31-27(35)26(34)29-13-17-4-8-23-24(10-17)37-14-36-23/h3-12H,13-14H2,1-2H3,(H,29,34)(H,30,33)(H,31,35). The molecule has 1 aliphatic rings. The van der Waals surface area contributed by atoms with Crippen molar-refractivity contribution in [3.63, 3.8) is 0 Å². The van der Waals surface area contributed by atoms with Gasteiger partial charge in [-0.15, -0.1) is 0 Å². The number of carbonyl (C=O) groups is 3. The van der Waals surface area contributed by atoms with E-state index in [2.05, 4.69) is 32.0 Å². The lowest BCUT2D eigenvalue weighted by Crippen LogP contribution is -2.39. The van der Waals surface area contributed by atoms with E-state index in [1.165, 1.54) is 4.68 Å². The molecule has 3 aromatic carbocycles. The minimum absolute atomic E-state index is 0.113. The van der Waals surface area contributed by atoms with Crippen molar-refractivity contribution in [3.8, 4) is 11.5 Å². The van der Waals surface area contributed by atoms with E-state index in [0.717, 1.165) is 21.2 Å². The normalized spacial score (nSPS) is 11.9. The van der Waals surface area contributed by atoms with E-state index in [4.69, 9.17) is 9.47 Å². The lowest BCUT2D eigenvalue weighted by molar-refractivity contribution is -0.136. The molecular formula is C27H23BrN4O5. The molecule has 0 fully saturated rings. The average Bonchev–Trinajstić information content (AvgIpc) is 3.48. The first-order valence-electron chi connectivity index (χ1n) is 11.5. The lowest BCUT2D eigenvalue weighted by Gasteiger charge is -2.13. The number of halogens is 1. The van der Waals surface area contributed by atoms with Gasteiger partial charge in [0, 0.05) is 22.1 Å². The summed E-state index contributed by atoms with van der Waals surface area (Å²) in [6.07, 6.45) is 0. The zero-order chi connectivity index (χ0) is 26.1. The number of aryl methyl sites for hydroxylation is 2. The van der Waals surface area contributed by atoms with E-state index >= 15 is 0 Å². The van der Waals surface area contributed by atoms with Gasteiger partial charge in [0.05, 0.1) is 5.52 Å². The minimum Gasteiger partial charge on any atom is -0.454 e. The summed E-state index contributed by atoms with van der Waals surface area (Å²) in [5.74, 6) is -0.985. The summed E-state index contributed by atoms with van der Waals surface area (Å²) in [7, 11) is 0. The van der Waals surface area contributed by atoms with E-state index in [1.54, 1.807) is 36.4 Å². The van der Waals surface area contributed by atoms with Crippen molar-refractivity contribution < 1.29 is 23.9 Å². The van der Waals surface area contributed by atoms with Crippen LogP contribution in [0, 0.1) is 13.8 Å². The smallest absolute Gasteiger partial charge is 0.328 e. The van der Waals surface area contributed by atoms with Gasteiger partial charge in [0.2, 0.25) is 6.79 Å². The van der Waals surface area contributed by atoms with Crippen LogP contribution in [0.25, 0.3) is 10.9 Å². The van der Waals surface area contributed by atoms with E-state index < -0.39 is 17.7 Å². The van der Waals surface area contributed by atoms with Crippen LogP contribution in [0.1, 0.15) is 27.2 Å². The maximum Gasteiger partial charge on any atom is 0.328 e. The molecule has 0 saturated heterocycles. The van der Waals surface area contributed by atoms with Crippen LogP contribution in [0.2, 0.25) is 0 Å². The van der Waals surface area contributed by atoms with Gasteiger partial charge in [-0.25, -0.2) is 4.68 Å². The van der Waals surface area contributed by atoms with Crippen LogP contribution in [-0.4, -0.2) is 29.2 Å². The molecule has 3 amide bonds. The second-order valence-corrected chi connectivity index (χ2v) is 9.55. The van der Waals surface area contributed by atoms with Crippen LogP contribution >= 0.6 is 15.9 Å². The summed E-state index contributed by atoms with van der Waals surface area (Å²) in [6.45, 7) is 4.21. The largest absolute Gasteiger partial charge is 0.454 e. The first-order chi connectivity index (χ1) is 17.8. The maximum atomic E-state index is 13.2. The number of hydrogen-bond donors (Lipinski definition) is 3. The van der Waals surface area contributed by atoms with Crippen molar-refractivity contribution in [1.82, 2.24) is 9.99 Å². The predicted octanol–water partition coefficient (Wildman–Crippen LogP) is 4.39. The fraction of sp³-hybridized carbons (Fsp3) is 0.148. The third kappa shape index (κ3) is 5.14. The molecule has 188 valence electrons. The molecule has 9 nitrogen and oxygen atoms in total. The number of fused-ring (bicyclic) bond motifs is 2. The number of carbonyl (C=O) groups excluding carboxylic acids is 3. The molecule has 4 aromatic rings. The Morgan fingerprint density at radius 3 is 2.51 bits per heavy atom. The molecule has 0 unspecified atom stereocenters. The van der Waals surface area contributed by atoms with Crippen molar-refractivity contribution >= 4 is 50.2 Å². The summed E-state index contributed by atoms with van der Waals surface area (Å²) >= 11 is 3.43. The lowest BCUT2D eigenvalue weighted by atomic mass is 10.1. The number of aromatic nitrogens is 1. The van der Waals surface area contributed by atoms with Crippen molar-refractivity contribution in [3.05, 3.63) is 87.5 Å². The van der Waals surface area contributed by atoms with Gasteiger partial charge in [-0.05, 0) is 79.1 Å². The van der Waals surface area contributed by atoms with Gasteiger partial charge < -0.3 is 20.1 Å². The monoisotopic (exact) mass is 562 g/mol. The van der Waals surface area contributed by atoms with E-state index in [-0.39, 0.29) is 19.0 Å². The molecule has 0 saturated carbocycles. The number of anilines is 1. The Morgan fingerprint density at radius 2 is 1.70 bits per heavy atom. The summed E-state index contributed by atoms with van der Waals surface area (Å²) in [5.41, 5.74) is 6.81. The first-order valence-corrected chi connectivity index (χ1v) is 12.2. The second-order valence-electron chi connectivity index (χ2n) is 8.63. The van der Waals surface area contributed by atoms with Gasteiger partial charge in [-0.1, -0.05) is 28.1 Å². The van der Waals surface area contributed by atoms with Crippen molar-refractivity contribution in [2.75, 3.05) is 17.5 Å². The highest BCUT2D eigenvalue weighted by molar-refractivity contribution is 9.10. The third-order valence-corrected chi connectivity index (χ3v) is 6.56. The van der Waals surface area contributed by atoms with Crippen LogP contribution in [0.15, 0.2) is 65.1 Å². The third-order valence-electron chi connectivity index (χ3n) is 6.07. The Hall–Kier alpha value is -4.31. The SMILES string of the molecule is Cc1ccc(NC(=O)c2cc3cc(Br)ccc3n2NC(=O)C(=O)NCc2ccc3c(c2)OCO3)cc1C. The highest BCUT2D eigenvalue weighted by atomic mass is 79.9. The summed E-state index contributed by atoms with van der Waals surface area (Å²) < 4.78 is 12.8. The summed E-state index contributed by atoms with van der Waals surface area (Å²) in [4.78, 5) is 38.6. The maximum absolute atomic E-state index is 13.2. The molecule has 1 aromatic heterocycles. The number of nitrogens with zero attached hydrogens (tertiary/aromatic N) is 1. The Labute approximate surface area is 220 Å². The number of amides is 3. The van der Waals surface area contributed by atoms with Crippen LogP contribution in [0.5, 0.6) is 11.5 Å². The minimum atomic E-state index is -0.915. The van der Waals surface area contributed by atoms with E-state index in [1.807, 2.05) is 38.1 Å². The fourth-order valence-corrected chi connectivity index (χ4v) is 4.33. The molecule has 3 N–H and O–H groups in total. The predicted molar refractivity (Wildman–Crippen MR) is 142 cm³/mol. The Kier molecular flexibility index (Phi) is 6.58. The first kappa shape index (κ1) is 24.4. The van der Waals surface area contributed by atoms with Gasteiger partial charge in [-0.2, -0.15) is 0 Å². The van der Waals surface area contributed by atoms with Crippen LogP contribution in [0.3, 0.4) is 0 Å². The molecule has 10 heteroatoms. The number of nitrogens with one attached hydrogen (secondary N) is 3. The molecule has 0 aliphatic carbocycles. The van der Waals surface area contributed by atoms with Crippen LogP contribution < -0.4 is 25.5 Å². The molecular weight excluding hydrogens is 540 g/mol. The number of hydrogen-bond acceptors (Lipinski definition) is 5. The van der Waals surface area contributed by atoms with Crippen molar-refractivity contribution in [2.24, 2.45) is 0 Å². The van der Waals surface area contributed by atoms with Crippen molar-refractivity contribution in [1.29, 1.82) is 0 Å². The number of benzene rings is 3. The van der Waals surface area contributed by atoms with Gasteiger partial charge >= 0.3 is 11.8 Å². The molecule has 1 aliphatic heterocycles. The molecule has 0 bridgehead atoms. The molecule has 0 radical (unpaired) electrons. The summed E-state index contributed by atoms with van der Waals surface area (Å²) in [5, 5.41) is 6.17. The highest BCUT2D eigenvalue weighted by Gasteiger charge is 2.21. The second kappa shape index (κ2) is 9.98. The molecule has 2 heterocycles. The quantitative estimate of drug-likeness (QED) is 0.312. The highest BCUT2D eigenvalue weighted by Crippen LogP contribution is 2.32. The average molecular weight is 563 g/mol. The van der Waals surface area contributed by atoms with Crippen LogP contribution in [-0.2, 0) is 16.1 Å². The topological polar surface area (TPSA) is 111 Å². The zero-order valence-corrected chi connectivity index (χ0v) is 21.6. The Balaban J connectivity index is 1.35. The van der Waals surface area contributed by atoms with Crippen LogP contribution in [0.4, 0.5) is 5.69 Å². The molecule has 0 spiro atoms. The zero-order valence-electron chi connectivity index (χ0n) is 20.1. The molecule has 5 rings (SSSR count). The Morgan fingerprint density at radius 1 is 0.892 bits per heavy atom. The van der Waals surface area contributed by atoms with Gasteiger partial charge in [0.25, 0.3) is 5.91 Å². The molecule has 0 atom stereocenters. The molecule has 37 heavy (non-hydrogen) atoms. The van der Waals surface area contributed by atoms with Gasteiger partial charge in [0.15, 0.2) is 11.5 Å². The van der Waals surface area contributed by atoms with Gasteiger partial charge in [0.1, 0.15) is 5.69 Å². The number of rotatable bonds is 5. The summed E-state index contributed by atoms with van der Waals surface area (Å²) in [6, 6.07) is 17.9.